The second-order valence-electron chi connectivity index (χ2n) is 4.23. The number of alkyl halides is 3. The third-order valence-electron chi connectivity index (χ3n) is 2.84. The maximum atomic E-state index is 12.6. The number of hydrogen-bond donors (Lipinski definition) is 1. The topological polar surface area (TPSA) is 21.3 Å². The minimum atomic E-state index is -4.34. The maximum absolute atomic E-state index is 12.6. The summed E-state index contributed by atoms with van der Waals surface area (Å²) >= 11 is 5.93. The van der Waals surface area contributed by atoms with Crippen LogP contribution in [-0.2, 0) is 17.3 Å². The van der Waals surface area contributed by atoms with E-state index in [9.17, 15) is 13.2 Å². The van der Waals surface area contributed by atoms with E-state index in [0.29, 0.717) is 36.8 Å². The Balaban J connectivity index is 2.15. The van der Waals surface area contributed by atoms with Crippen molar-refractivity contribution >= 4 is 11.6 Å². The van der Waals surface area contributed by atoms with E-state index in [2.05, 4.69) is 5.32 Å². The number of morpholine rings is 1. The smallest absolute Gasteiger partial charge is 0.379 e. The fourth-order valence-electron chi connectivity index (χ4n) is 1.92. The SMILES string of the molecule is FC(F)(F)c1ccc(Cl)c(CC2COCCN2)c1. The summed E-state index contributed by atoms with van der Waals surface area (Å²) in [6.45, 7) is 1.83. The van der Waals surface area contributed by atoms with Gasteiger partial charge in [-0.05, 0) is 30.2 Å². The lowest BCUT2D eigenvalue weighted by atomic mass is 10.0. The van der Waals surface area contributed by atoms with E-state index in [-0.39, 0.29) is 6.04 Å². The first-order valence-corrected chi connectivity index (χ1v) is 6.01. The maximum Gasteiger partial charge on any atom is 0.416 e. The van der Waals surface area contributed by atoms with Crippen LogP contribution in [0.1, 0.15) is 11.1 Å². The zero-order chi connectivity index (χ0) is 13.2. The molecule has 0 amide bonds. The van der Waals surface area contributed by atoms with Crippen molar-refractivity contribution in [2.24, 2.45) is 0 Å². The Bertz CT molecular complexity index is 416. The monoisotopic (exact) mass is 279 g/mol. The highest BCUT2D eigenvalue weighted by Crippen LogP contribution is 2.32. The molecule has 100 valence electrons. The van der Waals surface area contributed by atoms with Gasteiger partial charge in [0, 0.05) is 17.6 Å². The average molecular weight is 280 g/mol. The normalized spacial score (nSPS) is 21.0. The van der Waals surface area contributed by atoms with Crippen LogP contribution in [0.2, 0.25) is 5.02 Å². The molecule has 2 nitrogen and oxygen atoms in total. The summed E-state index contributed by atoms with van der Waals surface area (Å²) in [5.74, 6) is 0. The van der Waals surface area contributed by atoms with Crippen molar-refractivity contribution in [1.82, 2.24) is 5.32 Å². The molecule has 0 aromatic heterocycles. The largest absolute Gasteiger partial charge is 0.416 e. The molecule has 1 aliphatic heterocycles. The van der Waals surface area contributed by atoms with Crippen LogP contribution in [0.25, 0.3) is 0 Å². The molecule has 0 bridgehead atoms. The Morgan fingerprint density at radius 1 is 1.39 bits per heavy atom. The first kappa shape index (κ1) is 13.6. The van der Waals surface area contributed by atoms with Crippen LogP contribution < -0.4 is 5.32 Å². The van der Waals surface area contributed by atoms with Crippen molar-refractivity contribution in [3.8, 4) is 0 Å². The molecule has 2 rings (SSSR count). The first-order chi connectivity index (χ1) is 8.47. The average Bonchev–Trinajstić information content (AvgIpc) is 2.32. The third kappa shape index (κ3) is 3.37. The van der Waals surface area contributed by atoms with Crippen LogP contribution >= 0.6 is 11.6 Å². The fourth-order valence-corrected chi connectivity index (χ4v) is 2.12. The number of benzene rings is 1. The lowest BCUT2D eigenvalue weighted by molar-refractivity contribution is -0.137. The van der Waals surface area contributed by atoms with Gasteiger partial charge < -0.3 is 10.1 Å². The highest BCUT2D eigenvalue weighted by atomic mass is 35.5. The predicted molar refractivity (Wildman–Crippen MR) is 62.8 cm³/mol. The summed E-state index contributed by atoms with van der Waals surface area (Å²) in [6, 6.07) is 3.42. The van der Waals surface area contributed by atoms with Gasteiger partial charge in [-0.2, -0.15) is 13.2 Å². The van der Waals surface area contributed by atoms with Crippen LogP contribution in [0.15, 0.2) is 18.2 Å². The van der Waals surface area contributed by atoms with Crippen molar-refractivity contribution < 1.29 is 17.9 Å². The Hall–Kier alpha value is -0.780. The number of rotatable bonds is 2. The van der Waals surface area contributed by atoms with Crippen LogP contribution in [0.3, 0.4) is 0 Å². The van der Waals surface area contributed by atoms with Crippen LogP contribution in [0.5, 0.6) is 0 Å². The summed E-state index contributed by atoms with van der Waals surface area (Å²) < 4.78 is 43.0. The fraction of sp³-hybridized carbons (Fsp3) is 0.500. The van der Waals surface area contributed by atoms with Gasteiger partial charge >= 0.3 is 6.18 Å². The van der Waals surface area contributed by atoms with Gasteiger partial charge in [0.1, 0.15) is 0 Å². The molecule has 1 aromatic rings. The van der Waals surface area contributed by atoms with Gasteiger partial charge in [-0.15, -0.1) is 0 Å². The molecular formula is C12H13ClF3NO. The van der Waals surface area contributed by atoms with Crippen LogP contribution in [0, 0.1) is 0 Å². The molecule has 0 radical (unpaired) electrons. The first-order valence-electron chi connectivity index (χ1n) is 5.63. The van der Waals surface area contributed by atoms with E-state index in [0.717, 1.165) is 12.1 Å². The summed E-state index contributed by atoms with van der Waals surface area (Å²) in [5.41, 5.74) is -0.173. The van der Waals surface area contributed by atoms with Crippen LogP contribution in [-0.4, -0.2) is 25.8 Å². The molecule has 0 spiro atoms. The molecule has 1 heterocycles. The molecular weight excluding hydrogens is 267 g/mol. The van der Waals surface area contributed by atoms with Crippen LogP contribution in [0.4, 0.5) is 13.2 Å². The summed E-state index contributed by atoms with van der Waals surface area (Å²) in [7, 11) is 0. The summed E-state index contributed by atoms with van der Waals surface area (Å²) in [5, 5.41) is 3.54. The second kappa shape index (κ2) is 5.47. The standard InChI is InChI=1S/C12H13ClF3NO/c13-11-2-1-9(12(14,15)16)5-8(11)6-10-7-18-4-3-17-10/h1-2,5,10,17H,3-4,6-7H2. The van der Waals surface area contributed by atoms with Crippen molar-refractivity contribution in [3.63, 3.8) is 0 Å². The van der Waals surface area contributed by atoms with E-state index in [1.165, 1.54) is 6.07 Å². The molecule has 1 atom stereocenters. The highest BCUT2D eigenvalue weighted by Gasteiger charge is 2.31. The zero-order valence-electron chi connectivity index (χ0n) is 9.56. The van der Waals surface area contributed by atoms with Gasteiger partial charge in [0.05, 0.1) is 18.8 Å². The van der Waals surface area contributed by atoms with Crippen molar-refractivity contribution in [2.45, 2.75) is 18.6 Å². The lowest BCUT2D eigenvalue weighted by Gasteiger charge is -2.24. The Kier molecular flexibility index (Phi) is 4.14. The van der Waals surface area contributed by atoms with E-state index < -0.39 is 11.7 Å². The predicted octanol–water partition coefficient (Wildman–Crippen LogP) is 2.89. The minimum Gasteiger partial charge on any atom is -0.379 e. The molecule has 1 N–H and O–H groups in total. The molecule has 0 aliphatic carbocycles. The summed E-state index contributed by atoms with van der Waals surface area (Å²) in [4.78, 5) is 0. The number of halogens is 4. The molecule has 6 heteroatoms. The quantitative estimate of drug-likeness (QED) is 0.899. The van der Waals surface area contributed by atoms with Gasteiger partial charge in [-0.25, -0.2) is 0 Å². The lowest BCUT2D eigenvalue weighted by Crippen LogP contribution is -2.42. The molecule has 1 aromatic carbocycles. The third-order valence-corrected chi connectivity index (χ3v) is 3.21. The summed E-state index contributed by atoms with van der Waals surface area (Å²) in [6.07, 6.45) is -3.90. The van der Waals surface area contributed by atoms with Gasteiger partial charge in [0.2, 0.25) is 0 Å². The van der Waals surface area contributed by atoms with Gasteiger partial charge in [-0.3, -0.25) is 0 Å². The van der Waals surface area contributed by atoms with Gasteiger partial charge in [-0.1, -0.05) is 11.6 Å². The van der Waals surface area contributed by atoms with Crippen molar-refractivity contribution in [2.75, 3.05) is 19.8 Å². The zero-order valence-corrected chi connectivity index (χ0v) is 10.3. The Morgan fingerprint density at radius 2 is 2.17 bits per heavy atom. The van der Waals surface area contributed by atoms with E-state index in [4.69, 9.17) is 16.3 Å². The number of hydrogen-bond acceptors (Lipinski definition) is 2. The Labute approximate surface area is 108 Å². The van der Waals surface area contributed by atoms with Crippen molar-refractivity contribution in [3.05, 3.63) is 34.3 Å². The van der Waals surface area contributed by atoms with E-state index >= 15 is 0 Å². The highest BCUT2D eigenvalue weighted by molar-refractivity contribution is 6.31. The molecule has 1 fully saturated rings. The second-order valence-corrected chi connectivity index (χ2v) is 4.64. The number of ether oxygens (including phenoxy) is 1. The minimum absolute atomic E-state index is 0.0136. The molecule has 0 saturated carbocycles. The van der Waals surface area contributed by atoms with E-state index in [1.54, 1.807) is 0 Å². The molecule has 18 heavy (non-hydrogen) atoms. The molecule has 1 aliphatic rings. The van der Waals surface area contributed by atoms with Gasteiger partial charge in [0.15, 0.2) is 0 Å². The molecule has 1 unspecified atom stereocenters. The Morgan fingerprint density at radius 3 is 2.78 bits per heavy atom. The van der Waals surface area contributed by atoms with E-state index in [1.807, 2.05) is 0 Å². The van der Waals surface area contributed by atoms with Gasteiger partial charge in [0.25, 0.3) is 0 Å². The molecule has 1 saturated heterocycles. The number of nitrogens with one attached hydrogen (secondary N) is 1. The van der Waals surface area contributed by atoms with Crippen molar-refractivity contribution in [1.29, 1.82) is 0 Å².